The average Bonchev–Trinajstić information content (AvgIpc) is 2.95. The average molecular weight is 537 g/mol. The number of hydrogen-bond acceptors (Lipinski definition) is 5. The second kappa shape index (κ2) is 11.1. The summed E-state index contributed by atoms with van der Waals surface area (Å²) in [6.07, 6.45) is 0. The summed E-state index contributed by atoms with van der Waals surface area (Å²) in [5.74, 6) is 0.625. The highest BCUT2D eigenvalue weighted by molar-refractivity contribution is 14.0. The summed E-state index contributed by atoms with van der Waals surface area (Å²) in [4.78, 5) is 10.5. The van der Waals surface area contributed by atoms with Crippen molar-refractivity contribution in [3.8, 4) is 0 Å². The summed E-state index contributed by atoms with van der Waals surface area (Å²) >= 11 is 1.66. The lowest BCUT2D eigenvalue weighted by Crippen LogP contribution is -2.36. The summed E-state index contributed by atoms with van der Waals surface area (Å²) in [5, 5.41) is 7.43. The van der Waals surface area contributed by atoms with Crippen molar-refractivity contribution in [1.29, 1.82) is 0 Å². The number of sulfonamides is 1. The van der Waals surface area contributed by atoms with Gasteiger partial charge < -0.3 is 10.6 Å². The van der Waals surface area contributed by atoms with Crippen LogP contribution in [-0.4, -0.2) is 44.3 Å². The van der Waals surface area contributed by atoms with E-state index in [0.717, 1.165) is 10.7 Å². The van der Waals surface area contributed by atoms with E-state index in [4.69, 9.17) is 0 Å². The van der Waals surface area contributed by atoms with E-state index in [2.05, 4.69) is 27.5 Å². The van der Waals surface area contributed by atoms with Crippen LogP contribution in [0.1, 0.15) is 28.1 Å². The highest BCUT2D eigenvalue weighted by Crippen LogP contribution is 2.19. The van der Waals surface area contributed by atoms with Gasteiger partial charge in [-0.1, -0.05) is 18.2 Å². The smallest absolute Gasteiger partial charge is 0.242 e. The number of thiazole rings is 1. The van der Waals surface area contributed by atoms with Gasteiger partial charge in [0.15, 0.2) is 5.96 Å². The Bertz CT molecular complexity index is 891. The highest BCUT2D eigenvalue weighted by Gasteiger charge is 2.20. The van der Waals surface area contributed by atoms with Crippen molar-refractivity contribution in [2.45, 2.75) is 38.8 Å². The molecule has 156 valence electrons. The molecule has 0 atom stereocenters. The van der Waals surface area contributed by atoms with Crippen LogP contribution in [0.2, 0.25) is 0 Å². The standard InChI is InChI=1S/C18H27N5O2S2.HI/c1-6-19-18(21-12-17-22-13(2)14(3)26-17)20-11-15-9-7-8-10-16(15)27(24,25)23(4)5;/h7-10H,6,11-12H2,1-5H3,(H2,19,20,21);1H. The van der Waals surface area contributed by atoms with Gasteiger partial charge in [0.25, 0.3) is 0 Å². The maximum Gasteiger partial charge on any atom is 0.242 e. The van der Waals surface area contributed by atoms with E-state index in [1.807, 2.05) is 19.9 Å². The summed E-state index contributed by atoms with van der Waals surface area (Å²) < 4.78 is 26.2. The Labute approximate surface area is 188 Å². The topological polar surface area (TPSA) is 86.7 Å². The van der Waals surface area contributed by atoms with Gasteiger partial charge >= 0.3 is 0 Å². The molecule has 0 fully saturated rings. The van der Waals surface area contributed by atoms with Crippen molar-refractivity contribution in [2.24, 2.45) is 4.99 Å². The molecule has 0 aliphatic carbocycles. The van der Waals surface area contributed by atoms with Crippen LogP contribution in [0.4, 0.5) is 0 Å². The van der Waals surface area contributed by atoms with E-state index in [1.165, 1.54) is 23.3 Å². The van der Waals surface area contributed by atoms with Gasteiger partial charge in [0, 0.05) is 25.5 Å². The van der Waals surface area contributed by atoms with Crippen LogP contribution in [0.15, 0.2) is 34.2 Å². The molecule has 28 heavy (non-hydrogen) atoms. The van der Waals surface area contributed by atoms with Crippen molar-refractivity contribution < 1.29 is 8.42 Å². The fourth-order valence-electron chi connectivity index (χ4n) is 2.36. The van der Waals surface area contributed by atoms with E-state index >= 15 is 0 Å². The van der Waals surface area contributed by atoms with Gasteiger partial charge in [0.1, 0.15) is 5.01 Å². The number of rotatable bonds is 7. The van der Waals surface area contributed by atoms with E-state index < -0.39 is 10.0 Å². The largest absolute Gasteiger partial charge is 0.357 e. The molecular formula is C18H28IN5O2S2. The van der Waals surface area contributed by atoms with Gasteiger partial charge in [0.2, 0.25) is 10.0 Å². The van der Waals surface area contributed by atoms with Crippen LogP contribution in [0, 0.1) is 13.8 Å². The molecule has 0 saturated heterocycles. The van der Waals surface area contributed by atoms with Crippen molar-refractivity contribution in [2.75, 3.05) is 20.6 Å². The van der Waals surface area contributed by atoms with Crippen LogP contribution in [0.5, 0.6) is 0 Å². The first-order valence-electron chi connectivity index (χ1n) is 8.71. The predicted octanol–water partition coefficient (Wildman–Crippen LogP) is 2.88. The normalized spacial score (nSPS) is 12.0. The number of nitrogens with one attached hydrogen (secondary N) is 2. The molecule has 2 aromatic rings. The third-order valence-corrected chi connectivity index (χ3v) is 6.95. The van der Waals surface area contributed by atoms with Crippen molar-refractivity contribution in [3.05, 3.63) is 45.4 Å². The Balaban J connectivity index is 0.00000392. The maximum absolute atomic E-state index is 12.5. The third kappa shape index (κ3) is 6.39. The molecule has 2 N–H and O–H groups in total. The minimum Gasteiger partial charge on any atom is -0.357 e. The Morgan fingerprint density at radius 3 is 2.46 bits per heavy atom. The molecule has 0 unspecified atom stereocenters. The summed E-state index contributed by atoms with van der Waals surface area (Å²) in [6, 6.07) is 6.94. The first kappa shape index (κ1) is 24.8. The Kier molecular flexibility index (Phi) is 9.81. The maximum atomic E-state index is 12.5. The second-order valence-electron chi connectivity index (χ2n) is 6.19. The van der Waals surface area contributed by atoms with E-state index in [9.17, 15) is 8.42 Å². The van der Waals surface area contributed by atoms with Gasteiger partial charge in [-0.15, -0.1) is 35.3 Å². The van der Waals surface area contributed by atoms with Crippen molar-refractivity contribution in [1.82, 2.24) is 19.9 Å². The summed E-state index contributed by atoms with van der Waals surface area (Å²) in [5.41, 5.74) is 1.70. The second-order valence-corrected chi connectivity index (χ2v) is 9.60. The fraction of sp³-hybridized carbons (Fsp3) is 0.444. The Hall–Kier alpha value is -1.24. The van der Waals surface area contributed by atoms with E-state index in [0.29, 0.717) is 24.6 Å². The first-order chi connectivity index (χ1) is 12.8. The number of nitrogens with zero attached hydrogens (tertiary/aromatic N) is 3. The molecule has 2 rings (SSSR count). The molecule has 0 aliphatic heterocycles. The lowest BCUT2D eigenvalue weighted by Gasteiger charge is -2.15. The zero-order valence-electron chi connectivity index (χ0n) is 16.8. The number of halogens is 1. The number of benzene rings is 1. The summed E-state index contributed by atoms with van der Waals surface area (Å²) in [7, 11) is -0.456. The molecule has 0 saturated carbocycles. The minimum atomic E-state index is -3.51. The van der Waals surface area contributed by atoms with Crippen molar-refractivity contribution >= 4 is 51.3 Å². The Morgan fingerprint density at radius 1 is 1.21 bits per heavy atom. The Morgan fingerprint density at radius 2 is 1.89 bits per heavy atom. The van der Waals surface area contributed by atoms with Gasteiger partial charge in [0.05, 0.1) is 23.7 Å². The molecule has 0 bridgehead atoms. The number of guanidine groups is 1. The predicted molar refractivity (Wildman–Crippen MR) is 126 cm³/mol. The molecule has 1 heterocycles. The quantitative estimate of drug-likeness (QED) is 0.322. The molecule has 1 aromatic heterocycles. The molecule has 0 aliphatic rings. The van der Waals surface area contributed by atoms with Crippen LogP contribution >= 0.6 is 35.3 Å². The lowest BCUT2D eigenvalue weighted by molar-refractivity contribution is 0.519. The number of aromatic nitrogens is 1. The lowest BCUT2D eigenvalue weighted by atomic mass is 10.2. The van der Waals surface area contributed by atoms with Gasteiger partial charge in [-0.3, -0.25) is 0 Å². The van der Waals surface area contributed by atoms with Gasteiger partial charge in [-0.25, -0.2) is 22.7 Å². The highest BCUT2D eigenvalue weighted by atomic mass is 127. The minimum absolute atomic E-state index is 0. The van der Waals surface area contributed by atoms with Crippen LogP contribution in [0.3, 0.4) is 0 Å². The first-order valence-corrected chi connectivity index (χ1v) is 11.0. The molecule has 0 spiro atoms. The van der Waals surface area contributed by atoms with E-state index in [-0.39, 0.29) is 35.4 Å². The third-order valence-electron chi connectivity index (χ3n) is 3.96. The number of aliphatic imine (C=N–C) groups is 1. The SMILES string of the molecule is CCNC(=NCc1ccccc1S(=O)(=O)N(C)C)NCc1nc(C)c(C)s1.I. The molecule has 1 aromatic carbocycles. The zero-order chi connectivity index (χ0) is 20.0. The van der Waals surface area contributed by atoms with Crippen LogP contribution in [-0.2, 0) is 23.1 Å². The number of hydrogen-bond donors (Lipinski definition) is 2. The zero-order valence-corrected chi connectivity index (χ0v) is 20.8. The van der Waals surface area contributed by atoms with Crippen LogP contribution < -0.4 is 10.6 Å². The monoisotopic (exact) mass is 537 g/mol. The molecule has 10 heteroatoms. The van der Waals surface area contributed by atoms with Gasteiger partial charge in [-0.05, 0) is 32.4 Å². The molecule has 0 radical (unpaired) electrons. The van der Waals surface area contributed by atoms with Crippen molar-refractivity contribution in [3.63, 3.8) is 0 Å². The molecule has 0 amide bonds. The number of aryl methyl sites for hydroxylation is 2. The van der Waals surface area contributed by atoms with Gasteiger partial charge in [-0.2, -0.15) is 0 Å². The van der Waals surface area contributed by atoms with Crippen LogP contribution in [0.25, 0.3) is 0 Å². The van der Waals surface area contributed by atoms with E-state index in [1.54, 1.807) is 29.5 Å². The molecule has 7 nitrogen and oxygen atoms in total. The fourth-order valence-corrected chi connectivity index (χ4v) is 4.34. The summed E-state index contributed by atoms with van der Waals surface area (Å²) in [6.45, 7) is 7.57. The molecular weight excluding hydrogens is 509 g/mol.